The van der Waals surface area contributed by atoms with E-state index in [2.05, 4.69) is 5.32 Å². The first-order valence-corrected chi connectivity index (χ1v) is 5.08. The van der Waals surface area contributed by atoms with Crippen LogP contribution in [0.4, 0.5) is 0 Å². The first-order valence-electron chi connectivity index (χ1n) is 3.84. The summed E-state index contributed by atoms with van der Waals surface area (Å²) >= 11 is 1.64. The van der Waals surface area contributed by atoms with Gasteiger partial charge >= 0.3 is 35.5 Å². The molecule has 4 nitrogen and oxygen atoms in total. The van der Waals surface area contributed by atoms with Gasteiger partial charge in [-0.2, -0.15) is 0 Å². The number of rotatable bonds is 3. The molecular weight excluding hydrogens is 320 g/mol. The number of hydrogen-bond donors (Lipinski definition) is 2. The van der Waals surface area contributed by atoms with Crippen molar-refractivity contribution in [2.24, 2.45) is 0 Å². The monoisotopic (exact) mass is 329 g/mol. The zero-order valence-electron chi connectivity index (χ0n) is 7.11. The molecule has 1 amide bonds. The van der Waals surface area contributed by atoms with Crippen LogP contribution >= 0.6 is 22.6 Å². The fraction of sp³-hybridized carbons (Fsp3) is 0.111. The third-order valence-corrected chi connectivity index (χ3v) is 2.35. The Morgan fingerprint density at radius 1 is 1.27 bits per heavy atom. The Hall–Kier alpha value is -0.110. The average molecular weight is 329 g/mol. The van der Waals surface area contributed by atoms with Crippen LogP contribution in [-0.2, 0) is 4.79 Å². The molecule has 1 atom stereocenters. The van der Waals surface area contributed by atoms with E-state index in [0.29, 0.717) is 5.56 Å². The standard InChI is InChI=1S/C9H8INO3.Na.H/c10-7(9(13)14)11-8(12)6-4-2-1-3-5-6;;/h1-5,7H,(H,11,12)(H,13,14);;. The molecule has 0 radical (unpaired) electrons. The van der Waals surface area contributed by atoms with Gasteiger partial charge in [0, 0.05) is 5.56 Å². The Balaban J connectivity index is 0.00000196. The van der Waals surface area contributed by atoms with Crippen LogP contribution in [0.3, 0.4) is 0 Å². The van der Waals surface area contributed by atoms with E-state index in [4.69, 9.17) is 5.11 Å². The third-order valence-electron chi connectivity index (χ3n) is 1.51. The molecule has 1 aromatic carbocycles. The fourth-order valence-corrected chi connectivity index (χ4v) is 1.13. The van der Waals surface area contributed by atoms with Crippen molar-refractivity contribution in [1.82, 2.24) is 5.32 Å². The number of carboxylic acids is 1. The van der Waals surface area contributed by atoms with Crippen molar-refractivity contribution >= 4 is 64.0 Å². The van der Waals surface area contributed by atoms with Gasteiger partial charge < -0.3 is 10.4 Å². The van der Waals surface area contributed by atoms with Crippen LogP contribution in [0.5, 0.6) is 0 Å². The van der Waals surface area contributed by atoms with Crippen LogP contribution in [-0.4, -0.2) is 50.6 Å². The molecule has 76 valence electrons. The van der Waals surface area contributed by atoms with Crippen LogP contribution in [0, 0.1) is 0 Å². The summed E-state index contributed by atoms with van der Waals surface area (Å²) < 4.78 is -0.902. The van der Waals surface area contributed by atoms with Gasteiger partial charge in [0.25, 0.3) is 5.91 Å². The molecule has 0 aliphatic heterocycles. The molecule has 0 aromatic heterocycles. The second-order valence-corrected chi connectivity index (χ2v) is 3.79. The summed E-state index contributed by atoms with van der Waals surface area (Å²) in [5.74, 6) is -1.44. The summed E-state index contributed by atoms with van der Waals surface area (Å²) in [5, 5.41) is 10.9. The number of carbonyl (C=O) groups excluding carboxylic acids is 1. The zero-order chi connectivity index (χ0) is 10.6. The Labute approximate surface area is 123 Å². The molecule has 15 heavy (non-hydrogen) atoms. The van der Waals surface area contributed by atoms with Gasteiger partial charge in [-0.1, -0.05) is 18.2 Å². The minimum absolute atomic E-state index is 0. The van der Waals surface area contributed by atoms with Gasteiger partial charge in [0.1, 0.15) is 0 Å². The molecule has 0 aliphatic rings. The van der Waals surface area contributed by atoms with Crippen molar-refractivity contribution in [1.29, 1.82) is 0 Å². The maximum absolute atomic E-state index is 11.4. The van der Waals surface area contributed by atoms with E-state index in [9.17, 15) is 9.59 Å². The molecule has 0 saturated carbocycles. The van der Waals surface area contributed by atoms with Gasteiger partial charge in [-0.25, -0.2) is 4.79 Å². The van der Waals surface area contributed by atoms with Crippen molar-refractivity contribution in [3.63, 3.8) is 0 Å². The number of carboxylic acid groups (broad SMARTS) is 1. The normalized spacial score (nSPS) is 11.0. The second kappa shape index (κ2) is 7.21. The first kappa shape index (κ1) is 14.9. The van der Waals surface area contributed by atoms with Gasteiger partial charge in [0.15, 0.2) is 4.05 Å². The number of benzene rings is 1. The topological polar surface area (TPSA) is 66.4 Å². The Morgan fingerprint density at radius 3 is 2.27 bits per heavy atom. The van der Waals surface area contributed by atoms with E-state index in [1.165, 1.54) is 0 Å². The molecule has 0 aliphatic carbocycles. The van der Waals surface area contributed by atoms with Crippen LogP contribution in [0.1, 0.15) is 10.4 Å². The number of halogens is 1. The summed E-state index contributed by atoms with van der Waals surface area (Å²) in [6.07, 6.45) is 0. The van der Waals surface area contributed by atoms with Gasteiger partial charge in [0.2, 0.25) is 0 Å². The SMILES string of the molecule is O=C(NC(I)C(=O)O)c1ccccc1.[NaH]. The molecule has 0 fully saturated rings. The predicted octanol–water partition coefficient (Wildman–Crippen LogP) is 0.614. The number of carbonyl (C=O) groups is 2. The van der Waals surface area contributed by atoms with Gasteiger partial charge in [0.05, 0.1) is 0 Å². The summed E-state index contributed by atoms with van der Waals surface area (Å²) in [7, 11) is 0. The van der Waals surface area contributed by atoms with Crippen molar-refractivity contribution in [3.8, 4) is 0 Å². The van der Waals surface area contributed by atoms with E-state index in [-0.39, 0.29) is 35.5 Å². The van der Waals surface area contributed by atoms with Crippen molar-refractivity contribution in [2.75, 3.05) is 0 Å². The summed E-state index contributed by atoms with van der Waals surface area (Å²) in [6, 6.07) is 8.48. The summed E-state index contributed by atoms with van der Waals surface area (Å²) in [4.78, 5) is 21.8. The van der Waals surface area contributed by atoms with Crippen LogP contribution in [0.15, 0.2) is 30.3 Å². The predicted molar refractivity (Wildman–Crippen MR) is 66.5 cm³/mol. The minimum atomic E-state index is -1.06. The molecule has 0 saturated heterocycles. The Morgan fingerprint density at radius 2 is 1.80 bits per heavy atom. The summed E-state index contributed by atoms with van der Waals surface area (Å²) in [6.45, 7) is 0. The Bertz CT molecular complexity index is 344. The molecule has 0 heterocycles. The molecular formula is C9H9INNaO3. The van der Waals surface area contributed by atoms with Crippen LogP contribution in [0.25, 0.3) is 0 Å². The number of aliphatic carboxylic acids is 1. The summed E-state index contributed by atoms with van der Waals surface area (Å²) in [5.41, 5.74) is 0.454. The van der Waals surface area contributed by atoms with E-state index in [1.807, 2.05) is 0 Å². The number of hydrogen-bond acceptors (Lipinski definition) is 2. The molecule has 1 unspecified atom stereocenters. The van der Waals surface area contributed by atoms with Gasteiger partial charge in [-0.15, -0.1) is 0 Å². The third kappa shape index (κ3) is 4.96. The molecule has 0 bridgehead atoms. The number of nitrogens with one attached hydrogen (secondary N) is 1. The molecule has 2 N–H and O–H groups in total. The van der Waals surface area contributed by atoms with Gasteiger partial charge in [-0.3, -0.25) is 4.79 Å². The van der Waals surface area contributed by atoms with E-state index in [1.54, 1.807) is 52.9 Å². The Kier molecular flexibility index (Phi) is 7.16. The quantitative estimate of drug-likeness (QED) is 0.370. The molecule has 1 aromatic rings. The van der Waals surface area contributed by atoms with E-state index >= 15 is 0 Å². The first-order chi connectivity index (χ1) is 6.61. The molecule has 1 rings (SSSR count). The second-order valence-electron chi connectivity index (χ2n) is 2.54. The average Bonchev–Trinajstić information content (AvgIpc) is 2.19. The van der Waals surface area contributed by atoms with E-state index < -0.39 is 10.0 Å². The molecule has 0 spiro atoms. The van der Waals surface area contributed by atoms with E-state index in [0.717, 1.165) is 0 Å². The maximum atomic E-state index is 11.4. The van der Waals surface area contributed by atoms with Crippen molar-refractivity contribution in [2.45, 2.75) is 4.05 Å². The zero-order valence-corrected chi connectivity index (χ0v) is 9.26. The van der Waals surface area contributed by atoms with Crippen molar-refractivity contribution < 1.29 is 14.7 Å². The number of amides is 1. The van der Waals surface area contributed by atoms with Crippen LogP contribution in [0.2, 0.25) is 0 Å². The number of alkyl halides is 1. The van der Waals surface area contributed by atoms with Gasteiger partial charge in [-0.05, 0) is 34.7 Å². The fourth-order valence-electron chi connectivity index (χ4n) is 0.850. The van der Waals surface area contributed by atoms with Crippen molar-refractivity contribution in [3.05, 3.63) is 35.9 Å². The van der Waals surface area contributed by atoms with Crippen LogP contribution < -0.4 is 5.32 Å². The molecule has 6 heteroatoms.